The maximum atomic E-state index is 12.4. The van der Waals surface area contributed by atoms with E-state index in [1.807, 2.05) is 0 Å². The molecule has 0 saturated carbocycles. The molecule has 0 spiro atoms. The highest BCUT2D eigenvalue weighted by molar-refractivity contribution is 7.80. The molecule has 2 N–H and O–H groups in total. The molecule has 3 atom stereocenters. The Kier molecular flexibility index (Phi) is 17.8. The number of nitrogens with one attached hydrogen (secondary N) is 1. The van der Waals surface area contributed by atoms with Gasteiger partial charge in [0.15, 0.2) is 0 Å². The molecule has 4 amide bonds. The average Bonchev–Trinajstić information content (AvgIpc) is 3.19. The minimum atomic E-state index is -4.87. The zero-order chi connectivity index (χ0) is 35.1. The first-order valence-corrected chi connectivity index (χ1v) is 18.4. The molecule has 2 heterocycles. The molecule has 0 aliphatic carbocycles. The van der Waals surface area contributed by atoms with Crippen LogP contribution in [-0.4, -0.2) is 113 Å². The third-order valence-electron chi connectivity index (χ3n) is 8.60. The van der Waals surface area contributed by atoms with E-state index in [1.54, 1.807) is 27.7 Å². The van der Waals surface area contributed by atoms with E-state index in [0.29, 0.717) is 5.06 Å². The summed E-state index contributed by atoms with van der Waals surface area (Å²) in [5.74, 6) is -0.645. The lowest BCUT2D eigenvalue weighted by atomic mass is 10.0. The molecule has 46 heavy (non-hydrogen) atoms. The molecule has 2 rings (SSSR count). The summed E-state index contributed by atoms with van der Waals surface area (Å²) in [6.45, 7) is 21.6. The Balaban J connectivity index is 0.000000533. The number of carboxylic acid groups (broad SMARTS) is 1. The lowest BCUT2D eigenvalue weighted by Gasteiger charge is -2.42. The van der Waals surface area contributed by atoms with Gasteiger partial charge in [0.1, 0.15) is 12.1 Å². The van der Waals surface area contributed by atoms with Gasteiger partial charge < -0.3 is 24.2 Å². The predicted octanol–water partition coefficient (Wildman–Crippen LogP) is 3.87. The lowest BCUT2D eigenvalue weighted by molar-refractivity contribution is -0.929. The van der Waals surface area contributed by atoms with Gasteiger partial charge in [-0.15, -0.1) is 4.28 Å². The van der Waals surface area contributed by atoms with Crippen molar-refractivity contribution in [2.75, 3.05) is 39.3 Å². The van der Waals surface area contributed by atoms with Crippen molar-refractivity contribution in [2.24, 2.45) is 0 Å². The first kappa shape index (κ1) is 41.8. The first-order valence-electron chi connectivity index (χ1n) is 17.0. The molecular formula is C31H61N5O9S. The van der Waals surface area contributed by atoms with E-state index in [9.17, 15) is 27.9 Å². The van der Waals surface area contributed by atoms with Crippen LogP contribution >= 0.6 is 0 Å². The number of amides is 4. The average molecular weight is 680 g/mol. The van der Waals surface area contributed by atoms with Crippen molar-refractivity contribution in [2.45, 2.75) is 143 Å². The van der Waals surface area contributed by atoms with Gasteiger partial charge >= 0.3 is 16.4 Å². The molecule has 270 valence electrons. The fourth-order valence-corrected chi connectivity index (χ4v) is 6.63. The van der Waals surface area contributed by atoms with Crippen LogP contribution < -0.4 is 10.6 Å². The van der Waals surface area contributed by atoms with Crippen LogP contribution in [-0.2, 0) is 24.3 Å². The van der Waals surface area contributed by atoms with Crippen molar-refractivity contribution in [3.63, 3.8) is 0 Å². The molecule has 2 saturated heterocycles. The number of fused-ring (bicyclic) bond motifs is 2. The van der Waals surface area contributed by atoms with Gasteiger partial charge in [-0.2, -0.15) is 13.5 Å². The van der Waals surface area contributed by atoms with Gasteiger partial charge in [0.05, 0.1) is 44.9 Å². The second kappa shape index (κ2) is 19.6. The van der Waals surface area contributed by atoms with E-state index in [4.69, 9.17) is 9.39 Å². The number of carbonyl (C=O) groups excluding carboxylic acids is 3. The van der Waals surface area contributed by atoms with Gasteiger partial charge in [0.2, 0.25) is 0 Å². The van der Waals surface area contributed by atoms with Gasteiger partial charge in [0.25, 0.3) is 5.91 Å². The van der Waals surface area contributed by atoms with Crippen LogP contribution in [0.4, 0.5) is 9.59 Å². The zero-order valence-electron chi connectivity index (χ0n) is 29.5. The van der Waals surface area contributed by atoms with E-state index in [0.717, 1.165) is 9.80 Å². The summed E-state index contributed by atoms with van der Waals surface area (Å²) >= 11 is 0. The Hall–Kier alpha value is -2.20. The van der Waals surface area contributed by atoms with Crippen molar-refractivity contribution in [1.82, 2.24) is 20.3 Å². The molecule has 2 bridgehead atoms. The van der Waals surface area contributed by atoms with Gasteiger partial charge in [0, 0.05) is 12.1 Å². The van der Waals surface area contributed by atoms with Crippen LogP contribution in [0, 0.1) is 0 Å². The standard InChI is InChI=1S/C16H36N.C15H26N4O9S/c1-5-9-13-17(14-10-6-2,15-11-7-3)16-12-8-4;1-9(18(14(22)23)15(2,3)4)8-27-16-12(20)11-6-5-10-7-17(11)13(21)19(10)28-29(24,25)26/h5-16H2,1-4H3;9-11H,5-8H2,1-4H3,(H,16,20)(H,22,23)(H,24,25,26)/q+1;/p-1/t;9-,10+,11-/m.0/s1. The fourth-order valence-electron chi connectivity index (χ4n) is 6.24. The number of nitrogens with zero attached hydrogens (tertiary/aromatic N) is 4. The quantitative estimate of drug-likeness (QED) is 0.117. The van der Waals surface area contributed by atoms with E-state index < -0.39 is 52.1 Å². The summed E-state index contributed by atoms with van der Waals surface area (Å²) in [7, 11) is -4.87. The van der Waals surface area contributed by atoms with Crippen molar-refractivity contribution in [1.29, 1.82) is 0 Å². The van der Waals surface area contributed by atoms with Crippen LogP contribution in [0.5, 0.6) is 0 Å². The van der Waals surface area contributed by atoms with Gasteiger partial charge in [-0.1, -0.05) is 53.4 Å². The third kappa shape index (κ3) is 13.5. The van der Waals surface area contributed by atoms with Crippen molar-refractivity contribution >= 4 is 28.4 Å². The van der Waals surface area contributed by atoms with Crippen molar-refractivity contribution < 1.29 is 46.1 Å². The highest BCUT2D eigenvalue weighted by Gasteiger charge is 2.49. The number of unbranched alkanes of at least 4 members (excludes halogenated alkanes) is 4. The fraction of sp³-hybridized carbons (Fsp3) is 0.903. The monoisotopic (exact) mass is 679 g/mol. The molecule has 0 radical (unpaired) electrons. The van der Waals surface area contributed by atoms with Crippen LogP contribution in [0.2, 0.25) is 0 Å². The van der Waals surface area contributed by atoms with Gasteiger partial charge in [-0.05, 0) is 66.2 Å². The third-order valence-corrected chi connectivity index (χ3v) is 8.95. The second-order valence-electron chi connectivity index (χ2n) is 13.6. The van der Waals surface area contributed by atoms with Gasteiger partial charge in [-0.25, -0.2) is 10.3 Å². The minimum Gasteiger partial charge on any atom is -0.530 e. The summed E-state index contributed by atoms with van der Waals surface area (Å²) in [6.07, 6.45) is 10.2. The molecular weight excluding hydrogens is 618 g/mol. The second-order valence-corrected chi connectivity index (χ2v) is 14.6. The number of hydroxylamine groups is 3. The Morgan fingerprint density at radius 2 is 1.48 bits per heavy atom. The summed E-state index contributed by atoms with van der Waals surface area (Å²) in [6, 6.07) is -3.03. The summed E-state index contributed by atoms with van der Waals surface area (Å²) in [5, 5.41) is 11.9. The molecule has 2 aliphatic heterocycles. The molecule has 0 aromatic heterocycles. The van der Waals surface area contributed by atoms with E-state index in [-0.39, 0.29) is 26.0 Å². The zero-order valence-corrected chi connectivity index (χ0v) is 30.3. The Morgan fingerprint density at radius 3 is 1.87 bits per heavy atom. The summed E-state index contributed by atoms with van der Waals surface area (Å²) in [5.41, 5.74) is 1.46. The number of carbonyl (C=O) groups is 3. The molecule has 2 aliphatic rings. The van der Waals surface area contributed by atoms with Crippen molar-refractivity contribution in [3.05, 3.63) is 0 Å². The summed E-state index contributed by atoms with van der Waals surface area (Å²) in [4.78, 5) is 43.4. The largest absolute Gasteiger partial charge is 0.530 e. The molecule has 0 aromatic rings. The number of urea groups is 1. The van der Waals surface area contributed by atoms with E-state index in [1.165, 1.54) is 82.0 Å². The molecule has 2 fully saturated rings. The molecule has 15 heteroatoms. The predicted molar refractivity (Wildman–Crippen MR) is 173 cm³/mol. The Morgan fingerprint density at radius 1 is 1.00 bits per heavy atom. The number of rotatable bonds is 19. The topological polar surface area (TPSA) is 169 Å². The molecule has 0 aromatic carbocycles. The van der Waals surface area contributed by atoms with Crippen LogP contribution in [0.3, 0.4) is 0 Å². The van der Waals surface area contributed by atoms with Crippen LogP contribution in [0.15, 0.2) is 0 Å². The first-order chi connectivity index (χ1) is 21.5. The maximum absolute atomic E-state index is 12.4. The normalized spacial score (nSPS) is 19.0. The number of quaternary nitrogens is 1. The number of hydrogen-bond donors (Lipinski definition) is 2. The number of piperidine rings is 1. The lowest BCUT2D eigenvalue weighted by Crippen LogP contribution is -2.57. The SMILES string of the molecule is CCCC[N+](CCCC)(CCCC)CCCC.C[C@@H](CONC(=O)[C@@H]1CC[C@@H]2CN1C(=O)N2OS(=O)(=O)O)N(C(=O)[O-])C(C)(C)C. The smallest absolute Gasteiger partial charge is 0.418 e. The van der Waals surface area contributed by atoms with Crippen LogP contribution in [0.25, 0.3) is 0 Å². The van der Waals surface area contributed by atoms with E-state index >= 15 is 0 Å². The highest BCUT2D eigenvalue weighted by atomic mass is 32.3. The molecule has 0 unspecified atom stereocenters. The Bertz CT molecular complexity index is 1020. The van der Waals surface area contributed by atoms with Crippen LogP contribution in [0.1, 0.15) is 120 Å². The summed E-state index contributed by atoms with van der Waals surface area (Å²) < 4.78 is 36.3. The van der Waals surface area contributed by atoms with Crippen molar-refractivity contribution in [3.8, 4) is 0 Å². The minimum absolute atomic E-state index is 0.0470. The number of hydrogen-bond acceptors (Lipinski definition) is 8. The van der Waals surface area contributed by atoms with Gasteiger partial charge in [-0.3, -0.25) is 14.2 Å². The Labute approximate surface area is 277 Å². The highest BCUT2D eigenvalue weighted by Crippen LogP contribution is 2.30. The van der Waals surface area contributed by atoms with E-state index in [2.05, 4.69) is 37.5 Å². The molecule has 14 nitrogen and oxygen atoms in total. The maximum Gasteiger partial charge on any atom is 0.418 e.